The quantitative estimate of drug-likeness (QED) is 0.454. The van der Waals surface area contributed by atoms with E-state index in [1.807, 2.05) is 65.7 Å². The minimum absolute atomic E-state index is 0.00332. The van der Waals surface area contributed by atoms with E-state index in [2.05, 4.69) is 29.5 Å². The lowest BCUT2D eigenvalue weighted by Gasteiger charge is -2.23. The number of fused-ring (bicyclic) bond motifs is 1. The molecule has 4 aromatic rings. The average Bonchev–Trinajstić information content (AvgIpc) is 3.24. The van der Waals surface area contributed by atoms with Gasteiger partial charge in [0.25, 0.3) is 11.9 Å². The van der Waals surface area contributed by atoms with Gasteiger partial charge in [-0.05, 0) is 73.9 Å². The molecule has 0 spiro atoms. The van der Waals surface area contributed by atoms with Gasteiger partial charge in [0.1, 0.15) is 0 Å². The molecule has 6 heteroatoms. The number of aromatic nitrogens is 3. The molecule has 0 atom stereocenters. The Morgan fingerprint density at radius 1 is 0.969 bits per heavy atom. The molecule has 2 aromatic carbocycles. The second-order valence-electron chi connectivity index (χ2n) is 8.44. The number of aryl methyl sites for hydroxylation is 1. The molecule has 32 heavy (non-hydrogen) atoms. The molecule has 1 aliphatic rings. The van der Waals surface area contributed by atoms with E-state index in [1.165, 1.54) is 19.3 Å². The van der Waals surface area contributed by atoms with Crippen molar-refractivity contribution in [3.05, 3.63) is 84.1 Å². The SMILES string of the molecule is Cc1cccc(N(c2ccc(C(=O)NC3CCCCC3)cc2)c2nc3ccccn3n2)c1. The molecule has 0 aliphatic heterocycles. The van der Waals surface area contributed by atoms with Crippen LogP contribution in [0.1, 0.15) is 48.0 Å². The molecule has 1 fully saturated rings. The zero-order valence-corrected chi connectivity index (χ0v) is 18.2. The fourth-order valence-electron chi connectivity index (χ4n) is 4.34. The molecule has 162 valence electrons. The lowest BCUT2D eigenvalue weighted by molar-refractivity contribution is 0.0927. The maximum atomic E-state index is 12.7. The van der Waals surface area contributed by atoms with Crippen LogP contribution in [0.2, 0.25) is 0 Å². The molecule has 5 rings (SSSR count). The highest BCUT2D eigenvalue weighted by molar-refractivity contribution is 5.95. The first-order valence-corrected chi connectivity index (χ1v) is 11.3. The van der Waals surface area contributed by atoms with Gasteiger partial charge in [0.15, 0.2) is 5.65 Å². The van der Waals surface area contributed by atoms with Gasteiger partial charge in [0, 0.05) is 29.2 Å². The number of carbonyl (C=O) groups excluding carboxylic acids is 1. The predicted molar refractivity (Wildman–Crippen MR) is 127 cm³/mol. The van der Waals surface area contributed by atoms with Crippen LogP contribution in [0.3, 0.4) is 0 Å². The molecule has 0 bridgehead atoms. The van der Waals surface area contributed by atoms with Gasteiger partial charge in [-0.2, -0.15) is 4.98 Å². The molecular formula is C26H27N5O. The maximum absolute atomic E-state index is 12.7. The summed E-state index contributed by atoms with van der Waals surface area (Å²) < 4.78 is 1.77. The van der Waals surface area contributed by atoms with Gasteiger partial charge in [-0.15, -0.1) is 5.10 Å². The highest BCUT2D eigenvalue weighted by Crippen LogP contribution is 2.33. The molecule has 0 unspecified atom stereocenters. The van der Waals surface area contributed by atoms with Crippen LogP contribution < -0.4 is 10.2 Å². The number of benzene rings is 2. The number of amides is 1. The van der Waals surface area contributed by atoms with Gasteiger partial charge in [-0.1, -0.05) is 37.5 Å². The van der Waals surface area contributed by atoms with E-state index in [9.17, 15) is 4.79 Å². The van der Waals surface area contributed by atoms with Crippen LogP contribution in [0.15, 0.2) is 72.9 Å². The van der Waals surface area contributed by atoms with Crippen molar-refractivity contribution < 1.29 is 4.79 Å². The Morgan fingerprint density at radius 2 is 1.78 bits per heavy atom. The first kappa shape index (κ1) is 20.2. The summed E-state index contributed by atoms with van der Waals surface area (Å²) in [4.78, 5) is 19.5. The van der Waals surface area contributed by atoms with Crippen LogP contribution in [0.5, 0.6) is 0 Å². The number of carbonyl (C=O) groups is 1. The number of hydrogen-bond acceptors (Lipinski definition) is 4. The summed E-state index contributed by atoms with van der Waals surface area (Å²) in [5, 5.41) is 7.87. The predicted octanol–water partition coefficient (Wildman–Crippen LogP) is 5.57. The Kier molecular flexibility index (Phi) is 5.58. The van der Waals surface area contributed by atoms with Gasteiger partial charge < -0.3 is 5.32 Å². The fourth-order valence-corrected chi connectivity index (χ4v) is 4.34. The third-order valence-electron chi connectivity index (χ3n) is 6.02. The number of rotatable bonds is 5. The summed E-state index contributed by atoms with van der Waals surface area (Å²) in [6, 6.07) is 22.0. The highest BCUT2D eigenvalue weighted by Gasteiger charge is 2.20. The monoisotopic (exact) mass is 425 g/mol. The minimum atomic E-state index is -0.00332. The molecule has 1 N–H and O–H groups in total. The van der Waals surface area contributed by atoms with E-state index in [0.29, 0.717) is 17.6 Å². The second kappa shape index (κ2) is 8.83. The van der Waals surface area contributed by atoms with Crippen molar-refractivity contribution in [2.45, 2.75) is 45.1 Å². The molecule has 2 heterocycles. The largest absolute Gasteiger partial charge is 0.349 e. The van der Waals surface area contributed by atoms with E-state index in [4.69, 9.17) is 4.98 Å². The molecule has 0 radical (unpaired) electrons. The van der Waals surface area contributed by atoms with Crippen LogP contribution in [0, 0.1) is 6.92 Å². The normalized spacial score (nSPS) is 14.4. The van der Waals surface area contributed by atoms with Gasteiger partial charge >= 0.3 is 0 Å². The van der Waals surface area contributed by atoms with Crippen molar-refractivity contribution in [1.82, 2.24) is 19.9 Å². The molecule has 2 aromatic heterocycles. The van der Waals surface area contributed by atoms with Crippen LogP contribution >= 0.6 is 0 Å². The Labute approximate surface area is 187 Å². The van der Waals surface area contributed by atoms with Crippen molar-refractivity contribution in [3.63, 3.8) is 0 Å². The smallest absolute Gasteiger partial charge is 0.254 e. The number of hydrogen-bond donors (Lipinski definition) is 1. The number of nitrogens with one attached hydrogen (secondary N) is 1. The highest BCUT2D eigenvalue weighted by atomic mass is 16.1. The van der Waals surface area contributed by atoms with Crippen LogP contribution in [-0.2, 0) is 0 Å². The summed E-state index contributed by atoms with van der Waals surface area (Å²) in [6.45, 7) is 2.07. The van der Waals surface area contributed by atoms with Crippen molar-refractivity contribution in [2.24, 2.45) is 0 Å². The number of anilines is 3. The summed E-state index contributed by atoms with van der Waals surface area (Å²) >= 11 is 0. The van der Waals surface area contributed by atoms with E-state index in [0.717, 1.165) is 35.4 Å². The van der Waals surface area contributed by atoms with Crippen molar-refractivity contribution >= 4 is 28.9 Å². The Bertz CT molecular complexity index is 1190. The van der Waals surface area contributed by atoms with Crippen molar-refractivity contribution in [3.8, 4) is 0 Å². The van der Waals surface area contributed by atoms with Crippen LogP contribution in [-0.4, -0.2) is 26.5 Å². The van der Waals surface area contributed by atoms with Gasteiger partial charge in [0.2, 0.25) is 0 Å². The minimum Gasteiger partial charge on any atom is -0.349 e. The van der Waals surface area contributed by atoms with Crippen molar-refractivity contribution in [2.75, 3.05) is 4.90 Å². The molecule has 0 saturated heterocycles. The van der Waals surface area contributed by atoms with E-state index in [1.54, 1.807) is 4.52 Å². The Balaban J connectivity index is 1.46. The lowest BCUT2D eigenvalue weighted by atomic mass is 9.95. The Morgan fingerprint density at radius 3 is 2.53 bits per heavy atom. The topological polar surface area (TPSA) is 62.5 Å². The average molecular weight is 426 g/mol. The fraction of sp³-hybridized carbons (Fsp3) is 0.269. The summed E-state index contributed by atoms with van der Waals surface area (Å²) in [6.07, 6.45) is 7.70. The molecular weight excluding hydrogens is 398 g/mol. The molecule has 6 nitrogen and oxygen atoms in total. The molecule has 1 amide bonds. The third-order valence-corrected chi connectivity index (χ3v) is 6.02. The van der Waals surface area contributed by atoms with E-state index < -0.39 is 0 Å². The number of pyridine rings is 1. The van der Waals surface area contributed by atoms with Crippen molar-refractivity contribution in [1.29, 1.82) is 0 Å². The standard InChI is InChI=1S/C26H27N5O/c1-19-8-7-11-23(18-19)31(26-28-24-12-5-6-17-30(24)29-26)22-15-13-20(14-16-22)25(32)27-21-9-3-2-4-10-21/h5-8,11-18,21H,2-4,9-10H2,1H3,(H,27,32). The zero-order chi connectivity index (χ0) is 21.9. The first-order valence-electron chi connectivity index (χ1n) is 11.3. The van der Waals surface area contributed by atoms with E-state index in [-0.39, 0.29) is 5.91 Å². The maximum Gasteiger partial charge on any atom is 0.254 e. The Hall–Kier alpha value is -3.67. The summed E-state index contributed by atoms with van der Waals surface area (Å²) in [5.41, 5.74) is 4.48. The van der Waals surface area contributed by atoms with E-state index >= 15 is 0 Å². The molecule has 1 aliphatic carbocycles. The van der Waals surface area contributed by atoms with Gasteiger partial charge in [-0.3, -0.25) is 9.69 Å². The summed E-state index contributed by atoms with van der Waals surface area (Å²) in [5.74, 6) is 0.581. The zero-order valence-electron chi connectivity index (χ0n) is 18.2. The van der Waals surface area contributed by atoms with Crippen LogP contribution in [0.4, 0.5) is 17.3 Å². The second-order valence-corrected chi connectivity index (χ2v) is 8.44. The molecule has 1 saturated carbocycles. The first-order chi connectivity index (χ1) is 15.7. The van der Waals surface area contributed by atoms with Gasteiger partial charge in [-0.25, -0.2) is 4.52 Å². The summed E-state index contributed by atoms with van der Waals surface area (Å²) in [7, 11) is 0. The van der Waals surface area contributed by atoms with Gasteiger partial charge in [0.05, 0.1) is 0 Å². The van der Waals surface area contributed by atoms with Crippen LogP contribution in [0.25, 0.3) is 5.65 Å². The third kappa shape index (κ3) is 4.21. The lowest BCUT2D eigenvalue weighted by Crippen LogP contribution is -2.36. The number of nitrogens with zero attached hydrogens (tertiary/aromatic N) is 4.